The summed E-state index contributed by atoms with van der Waals surface area (Å²) >= 11 is 0. The van der Waals surface area contributed by atoms with Crippen molar-refractivity contribution >= 4 is 15.7 Å². The molecule has 0 heterocycles. The highest BCUT2D eigenvalue weighted by atomic mass is 32.2. The summed E-state index contributed by atoms with van der Waals surface area (Å²) in [7, 11) is -3.61. The summed E-state index contributed by atoms with van der Waals surface area (Å²) in [5.41, 5.74) is -0.0254. The number of sulfone groups is 1. The van der Waals surface area contributed by atoms with E-state index in [1.807, 2.05) is 0 Å². The highest BCUT2D eigenvalue weighted by Crippen LogP contribution is 2.25. The van der Waals surface area contributed by atoms with Gasteiger partial charge in [0.25, 0.3) is 0 Å². The lowest BCUT2D eigenvalue weighted by atomic mass is 9.94. The Hall–Kier alpha value is -1.40. The van der Waals surface area contributed by atoms with E-state index in [0.29, 0.717) is 5.56 Å². The molecule has 0 unspecified atom stereocenters. The van der Waals surface area contributed by atoms with Gasteiger partial charge in [0.2, 0.25) is 5.91 Å². The number of hydrogen-bond acceptors (Lipinski definition) is 4. The molecule has 5 nitrogen and oxygen atoms in total. The molecule has 0 aliphatic rings. The van der Waals surface area contributed by atoms with Crippen molar-refractivity contribution in [3.63, 3.8) is 0 Å². The van der Waals surface area contributed by atoms with Crippen LogP contribution in [0.15, 0.2) is 29.2 Å². The Morgan fingerprint density at radius 1 is 1.23 bits per heavy atom. The Morgan fingerprint density at radius 2 is 1.77 bits per heavy atom. The Labute approximate surface area is 132 Å². The Bertz CT molecular complexity index is 630. The van der Waals surface area contributed by atoms with Crippen molar-refractivity contribution in [3.8, 4) is 0 Å². The lowest BCUT2D eigenvalue weighted by Gasteiger charge is -2.23. The van der Waals surface area contributed by atoms with E-state index in [1.54, 1.807) is 45.9 Å². The lowest BCUT2D eigenvalue weighted by molar-refractivity contribution is -0.129. The van der Waals surface area contributed by atoms with Crippen LogP contribution in [0.4, 0.5) is 0 Å². The molecule has 1 amide bonds. The molecule has 6 heteroatoms. The van der Waals surface area contributed by atoms with Crippen LogP contribution in [-0.4, -0.2) is 31.3 Å². The second-order valence-electron chi connectivity index (χ2n) is 6.61. The molecule has 124 valence electrons. The molecule has 0 aliphatic carbocycles. The van der Waals surface area contributed by atoms with Gasteiger partial charge in [-0.3, -0.25) is 4.79 Å². The Morgan fingerprint density at radius 3 is 2.27 bits per heavy atom. The predicted octanol–water partition coefficient (Wildman–Crippen LogP) is 2.06. The molecule has 2 N–H and O–H groups in total. The minimum absolute atomic E-state index is 0.150. The molecule has 0 aromatic heterocycles. The van der Waals surface area contributed by atoms with Gasteiger partial charge in [0.1, 0.15) is 0 Å². The number of amides is 1. The van der Waals surface area contributed by atoms with Gasteiger partial charge in [0, 0.05) is 5.41 Å². The standard InChI is InChI=1S/C16H25NO4S/c1-11(18)10-22(20,21)14-9-7-6-8-13(14)12(2)17-15(19)16(3,4)5/h6-9,11-12,18H,10H2,1-5H3,(H,17,19)/t11-,12-/m1/s1. The van der Waals surface area contributed by atoms with Crippen molar-refractivity contribution in [1.29, 1.82) is 0 Å². The number of nitrogens with one attached hydrogen (secondary N) is 1. The van der Waals surface area contributed by atoms with Gasteiger partial charge in [-0.1, -0.05) is 39.0 Å². The zero-order chi connectivity index (χ0) is 17.1. The number of aliphatic hydroxyl groups excluding tert-OH is 1. The van der Waals surface area contributed by atoms with Gasteiger partial charge in [-0.25, -0.2) is 8.42 Å². The molecule has 0 saturated heterocycles. The number of aliphatic hydroxyl groups is 1. The van der Waals surface area contributed by atoms with Crippen molar-refractivity contribution < 1.29 is 18.3 Å². The van der Waals surface area contributed by atoms with E-state index in [1.165, 1.54) is 13.0 Å². The number of carbonyl (C=O) groups is 1. The van der Waals surface area contributed by atoms with E-state index in [0.717, 1.165) is 0 Å². The van der Waals surface area contributed by atoms with Gasteiger partial charge in [-0.15, -0.1) is 0 Å². The fourth-order valence-corrected chi connectivity index (χ4v) is 3.72. The zero-order valence-electron chi connectivity index (χ0n) is 13.8. The van der Waals surface area contributed by atoms with Crippen LogP contribution in [0.5, 0.6) is 0 Å². The molecule has 1 aromatic rings. The highest BCUT2D eigenvalue weighted by molar-refractivity contribution is 7.91. The van der Waals surface area contributed by atoms with Crippen LogP contribution in [-0.2, 0) is 14.6 Å². The molecular formula is C16H25NO4S. The van der Waals surface area contributed by atoms with Gasteiger partial charge >= 0.3 is 0 Å². The van der Waals surface area contributed by atoms with Crippen LogP contribution in [0.3, 0.4) is 0 Å². The van der Waals surface area contributed by atoms with E-state index >= 15 is 0 Å². The Balaban J connectivity index is 3.14. The summed E-state index contributed by atoms with van der Waals surface area (Å²) in [6, 6.07) is 6.12. The first-order chi connectivity index (χ1) is 9.95. The van der Waals surface area contributed by atoms with Crippen molar-refractivity contribution in [2.45, 2.75) is 51.7 Å². The van der Waals surface area contributed by atoms with E-state index in [-0.39, 0.29) is 16.6 Å². The smallest absolute Gasteiger partial charge is 0.225 e. The van der Waals surface area contributed by atoms with Gasteiger partial charge in [-0.05, 0) is 25.5 Å². The molecule has 0 aliphatic heterocycles. The van der Waals surface area contributed by atoms with Crippen LogP contribution in [0.2, 0.25) is 0 Å². The second-order valence-corrected chi connectivity index (χ2v) is 8.62. The minimum atomic E-state index is -3.61. The van der Waals surface area contributed by atoms with Gasteiger partial charge in [-0.2, -0.15) is 0 Å². The molecule has 22 heavy (non-hydrogen) atoms. The number of hydrogen-bond donors (Lipinski definition) is 2. The topological polar surface area (TPSA) is 83.5 Å². The van der Waals surface area contributed by atoms with Crippen molar-refractivity contribution in [2.75, 3.05) is 5.75 Å². The average molecular weight is 327 g/mol. The van der Waals surface area contributed by atoms with E-state index < -0.39 is 27.4 Å². The molecular weight excluding hydrogens is 302 g/mol. The van der Waals surface area contributed by atoms with E-state index in [4.69, 9.17) is 0 Å². The summed E-state index contributed by atoms with van der Waals surface area (Å²) in [4.78, 5) is 12.2. The largest absolute Gasteiger partial charge is 0.392 e. The zero-order valence-corrected chi connectivity index (χ0v) is 14.6. The molecule has 1 rings (SSSR count). The van der Waals surface area contributed by atoms with E-state index in [2.05, 4.69) is 5.32 Å². The fraction of sp³-hybridized carbons (Fsp3) is 0.562. The maximum absolute atomic E-state index is 12.4. The summed E-state index contributed by atoms with van der Waals surface area (Å²) in [6.45, 7) is 8.58. The lowest BCUT2D eigenvalue weighted by Crippen LogP contribution is -2.37. The summed E-state index contributed by atoms with van der Waals surface area (Å²) < 4.78 is 24.8. The summed E-state index contributed by atoms with van der Waals surface area (Å²) in [6.07, 6.45) is -0.947. The SMILES string of the molecule is C[C@@H](O)CS(=O)(=O)c1ccccc1[C@@H](C)NC(=O)C(C)(C)C. The number of carbonyl (C=O) groups excluding carboxylic acids is 1. The maximum atomic E-state index is 12.4. The number of benzene rings is 1. The molecule has 2 atom stereocenters. The van der Waals surface area contributed by atoms with Crippen LogP contribution in [0.1, 0.15) is 46.2 Å². The quantitative estimate of drug-likeness (QED) is 0.867. The fourth-order valence-electron chi connectivity index (χ4n) is 2.02. The first kappa shape index (κ1) is 18.6. The predicted molar refractivity (Wildman–Crippen MR) is 86.2 cm³/mol. The molecule has 0 bridgehead atoms. The third-order valence-corrected chi connectivity index (χ3v) is 5.17. The first-order valence-corrected chi connectivity index (χ1v) is 8.91. The van der Waals surface area contributed by atoms with Gasteiger partial charge < -0.3 is 10.4 Å². The average Bonchev–Trinajstić information content (AvgIpc) is 2.36. The van der Waals surface area contributed by atoms with E-state index in [9.17, 15) is 18.3 Å². The highest BCUT2D eigenvalue weighted by Gasteiger charge is 2.27. The third-order valence-electron chi connectivity index (χ3n) is 3.21. The van der Waals surface area contributed by atoms with Crippen molar-refractivity contribution in [1.82, 2.24) is 5.32 Å². The molecule has 0 saturated carbocycles. The second kappa shape index (κ2) is 6.79. The van der Waals surface area contributed by atoms with Crippen LogP contribution in [0.25, 0.3) is 0 Å². The van der Waals surface area contributed by atoms with Crippen LogP contribution < -0.4 is 5.32 Å². The molecule has 0 spiro atoms. The summed E-state index contributed by atoms with van der Waals surface area (Å²) in [5, 5.41) is 12.2. The minimum Gasteiger partial charge on any atom is -0.392 e. The number of rotatable bonds is 5. The van der Waals surface area contributed by atoms with Crippen molar-refractivity contribution in [3.05, 3.63) is 29.8 Å². The summed E-state index contributed by atoms with van der Waals surface area (Å²) in [5.74, 6) is -0.494. The third kappa shape index (κ3) is 4.81. The molecule has 0 radical (unpaired) electrons. The molecule has 1 aromatic carbocycles. The van der Waals surface area contributed by atoms with Gasteiger partial charge in [0.15, 0.2) is 9.84 Å². The maximum Gasteiger partial charge on any atom is 0.225 e. The normalized spacial score (nSPS) is 15.2. The van der Waals surface area contributed by atoms with Gasteiger partial charge in [0.05, 0.1) is 22.8 Å². The van der Waals surface area contributed by atoms with Crippen LogP contribution in [0, 0.1) is 5.41 Å². The molecule has 0 fully saturated rings. The first-order valence-electron chi connectivity index (χ1n) is 7.26. The monoisotopic (exact) mass is 327 g/mol. The van der Waals surface area contributed by atoms with Crippen molar-refractivity contribution in [2.24, 2.45) is 5.41 Å². The Kier molecular flexibility index (Phi) is 5.76. The van der Waals surface area contributed by atoms with Crippen LogP contribution >= 0.6 is 0 Å².